The van der Waals surface area contributed by atoms with Crippen LogP contribution in [0.4, 0.5) is 10.5 Å². The Morgan fingerprint density at radius 3 is 2.37 bits per heavy atom. The molecular weight excluding hydrogens is 568 g/mol. The number of Topliss-reactive ketones (excluding diaryl/α,β-unsaturated/α-hetero) is 1. The molecule has 2 aromatic carbocycles. The molecule has 2 saturated carbocycles. The van der Waals surface area contributed by atoms with Crippen molar-refractivity contribution in [1.82, 2.24) is 15.0 Å². The van der Waals surface area contributed by atoms with Crippen LogP contribution in [0.1, 0.15) is 44.2 Å². The van der Waals surface area contributed by atoms with Crippen LogP contribution < -0.4 is 15.4 Å². The zero-order chi connectivity index (χ0) is 30.8. The normalized spacial score (nSPS) is 21.3. The summed E-state index contributed by atoms with van der Waals surface area (Å²) in [6.45, 7) is 4.26. The van der Waals surface area contributed by atoms with Gasteiger partial charge in [0.15, 0.2) is 0 Å². The molecular formula is C32H36N4O6S. The molecule has 5 rings (SSSR count). The summed E-state index contributed by atoms with van der Waals surface area (Å²) in [5, 5.41) is 15.5. The number of rotatable bonds is 11. The first-order valence-corrected chi connectivity index (χ1v) is 15.9. The molecule has 4 N–H and O–H groups in total. The molecule has 2 aliphatic carbocycles. The van der Waals surface area contributed by atoms with Crippen LogP contribution in [-0.2, 0) is 32.6 Å². The lowest BCUT2D eigenvalue weighted by Crippen LogP contribution is -2.49. The Kier molecular flexibility index (Phi) is 8.40. The van der Waals surface area contributed by atoms with E-state index < -0.39 is 38.6 Å². The molecule has 2 bridgehead atoms. The summed E-state index contributed by atoms with van der Waals surface area (Å²) in [6, 6.07) is 16.4. The highest BCUT2D eigenvalue weighted by Gasteiger charge is 2.65. The van der Waals surface area contributed by atoms with E-state index in [4.69, 9.17) is 0 Å². The molecule has 10 nitrogen and oxygen atoms in total. The molecule has 1 heterocycles. The van der Waals surface area contributed by atoms with Crippen LogP contribution in [0, 0.1) is 16.7 Å². The van der Waals surface area contributed by atoms with Crippen LogP contribution in [0.5, 0.6) is 0 Å². The number of urea groups is 1. The maximum atomic E-state index is 13.2. The Morgan fingerprint density at radius 2 is 1.74 bits per heavy atom. The fraction of sp³-hybridized carbons (Fsp3) is 0.375. The number of benzene rings is 2. The third-order valence-corrected chi connectivity index (χ3v) is 10.8. The van der Waals surface area contributed by atoms with E-state index in [1.54, 1.807) is 30.6 Å². The number of hydrogen-bond donors (Lipinski definition) is 4. The number of carboxylic acid groups (broad SMARTS) is 1. The van der Waals surface area contributed by atoms with Gasteiger partial charge in [-0.1, -0.05) is 50.2 Å². The number of nitrogens with zero attached hydrogens (tertiary/aromatic N) is 1. The third-order valence-electron chi connectivity index (χ3n) is 9.25. The third kappa shape index (κ3) is 6.47. The quantitative estimate of drug-likeness (QED) is 0.253. The molecule has 2 aliphatic rings. The SMILES string of the molecule is CC1(C)C2CC[C@@]1(CS(=O)(=O)N[C@@H](Cc1ccc(-c3cccc(NC(=O)NCc4ccncc4)c3)cc1)C(=O)O)C(=O)C2. The summed E-state index contributed by atoms with van der Waals surface area (Å²) in [6.07, 6.45) is 4.97. The summed E-state index contributed by atoms with van der Waals surface area (Å²) in [4.78, 5) is 41.2. The lowest BCUT2D eigenvalue weighted by molar-refractivity contribution is -0.138. The van der Waals surface area contributed by atoms with Crippen molar-refractivity contribution in [1.29, 1.82) is 0 Å². The Labute approximate surface area is 251 Å². The molecule has 3 aromatic rings. The van der Waals surface area contributed by atoms with E-state index in [1.165, 1.54) is 0 Å². The Balaban J connectivity index is 1.21. The van der Waals surface area contributed by atoms with E-state index in [9.17, 15) is 27.9 Å². The topological polar surface area (TPSA) is 155 Å². The predicted molar refractivity (Wildman–Crippen MR) is 163 cm³/mol. The highest BCUT2D eigenvalue weighted by Crippen LogP contribution is 2.64. The fourth-order valence-electron chi connectivity index (χ4n) is 6.57. The van der Waals surface area contributed by atoms with Gasteiger partial charge >= 0.3 is 12.0 Å². The lowest BCUT2D eigenvalue weighted by atomic mass is 9.70. The number of fused-ring (bicyclic) bond motifs is 2. The van der Waals surface area contributed by atoms with E-state index >= 15 is 0 Å². The number of nitrogens with one attached hydrogen (secondary N) is 3. The Morgan fingerprint density at radius 1 is 1.02 bits per heavy atom. The van der Waals surface area contributed by atoms with Crippen molar-refractivity contribution < 1.29 is 27.9 Å². The molecule has 3 atom stereocenters. The van der Waals surface area contributed by atoms with Gasteiger partial charge < -0.3 is 15.7 Å². The van der Waals surface area contributed by atoms with Crippen molar-refractivity contribution in [3.8, 4) is 11.1 Å². The van der Waals surface area contributed by atoms with E-state index in [-0.39, 0.29) is 24.2 Å². The fourth-order valence-corrected chi connectivity index (χ4v) is 8.60. The second-order valence-corrected chi connectivity index (χ2v) is 13.8. The number of aromatic nitrogens is 1. The monoisotopic (exact) mass is 604 g/mol. The van der Waals surface area contributed by atoms with E-state index in [0.717, 1.165) is 23.1 Å². The minimum atomic E-state index is -4.06. The first-order chi connectivity index (χ1) is 20.4. The summed E-state index contributed by atoms with van der Waals surface area (Å²) >= 11 is 0. The van der Waals surface area contributed by atoms with Gasteiger partial charge in [0.25, 0.3) is 0 Å². The first-order valence-electron chi connectivity index (χ1n) is 14.3. The van der Waals surface area contributed by atoms with Crippen LogP contribution >= 0.6 is 0 Å². The van der Waals surface area contributed by atoms with Crippen LogP contribution in [0.2, 0.25) is 0 Å². The molecule has 0 aliphatic heterocycles. The van der Waals surface area contributed by atoms with Crippen molar-refractivity contribution in [2.75, 3.05) is 11.1 Å². The number of carbonyl (C=O) groups excluding carboxylic acids is 2. The average molecular weight is 605 g/mol. The smallest absolute Gasteiger partial charge is 0.322 e. The average Bonchev–Trinajstić information content (AvgIpc) is 3.31. The van der Waals surface area contributed by atoms with Gasteiger partial charge in [-0.05, 0) is 77.1 Å². The molecule has 226 valence electrons. The number of aliphatic carboxylic acids is 1. The molecule has 2 fully saturated rings. The van der Waals surface area contributed by atoms with Gasteiger partial charge in [-0.3, -0.25) is 14.6 Å². The van der Waals surface area contributed by atoms with Gasteiger partial charge in [0.05, 0.1) is 5.75 Å². The Hall–Kier alpha value is -4.09. The van der Waals surface area contributed by atoms with Gasteiger partial charge in [-0.25, -0.2) is 17.9 Å². The molecule has 1 unspecified atom stereocenters. The number of anilines is 1. The van der Waals surface area contributed by atoms with E-state index in [1.807, 2.05) is 56.3 Å². The number of pyridine rings is 1. The summed E-state index contributed by atoms with van der Waals surface area (Å²) < 4.78 is 28.8. The first kappa shape index (κ1) is 30.4. The van der Waals surface area contributed by atoms with Crippen molar-refractivity contribution in [3.05, 3.63) is 84.2 Å². The number of sulfonamides is 1. The largest absolute Gasteiger partial charge is 0.480 e. The van der Waals surface area contributed by atoms with E-state index in [0.29, 0.717) is 30.6 Å². The second-order valence-electron chi connectivity index (χ2n) is 12.1. The zero-order valence-corrected chi connectivity index (χ0v) is 25.0. The molecule has 0 saturated heterocycles. The van der Waals surface area contributed by atoms with Gasteiger partial charge in [-0.2, -0.15) is 0 Å². The van der Waals surface area contributed by atoms with Gasteiger partial charge in [0, 0.05) is 36.5 Å². The number of carboxylic acids is 1. The van der Waals surface area contributed by atoms with Crippen LogP contribution in [-0.4, -0.2) is 48.1 Å². The highest BCUT2D eigenvalue weighted by atomic mass is 32.2. The van der Waals surface area contributed by atoms with E-state index in [2.05, 4.69) is 20.3 Å². The number of amides is 2. The van der Waals surface area contributed by atoms with Crippen LogP contribution in [0.15, 0.2) is 73.1 Å². The molecule has 11 heteroatoms. The van der Waals surface area contributed by atoms with Crippen LogP contribution in [0.25, 0.3) is 11.1 Å². The lowest BCUT2D eigenvalue weighted by Gasteiger charge is -2.36. The van der Waals surface area contributed by atoms with Gasteiger partial charge in [-0.15, -0.1) is 0 Å². The summed E-state index contributed by atoms with van der Waals surface area (Å²) in [5.41, 5.74) is 2.44. The summed E-state index contributed by atoms with van der Waals surface area (Å²) in [5.74, 6) is -1.55. The van der Waals surface area contributed by atoms with Crippen LogP contribution in [0.3, 0.4) is 0 Å². The molecule has 43 heavy (non-hydrogen) atoms. The maximum absolute atomic E-state index is 13.2. The number of ketones is 1. The standard InChI is InChI=1S/C32H36N4O6S/c1-31(2)25-10-13-32(31,28(37)18-25)20-43(41,42)36-27(29(38)39)16-21-6-8-23(9-7-21)24-4-3-5-26(17-24)35-30(40)34-19-22-11-14-33-15-12-22/h3-9,11-12,14-15,17,25,27,36H,10,13,16,18-20H2,1-2H3,(H,38,39)(H2,34,35,40)/t25?,27-,32+/m0/s1. The molecule has 2 amide bonds. The molecule has 0 radical (unpaired) electrons. The van der Waals surface area contributed by atoms with Gasteiger partial charge in [0.2, 0.25) is 10.0 Å². The maximum Gasteiger partial charge on any atom is 0.322 e. The highest BCUT2D eigenvalue weighted by molar-refractivity contribution is 7.89. The number of hydrogen-bond acceptors (Lipinski definition) is 6. The molecule has 1 aromatic heterocycles. The van der Waals surface area contributed by atoms with Crippen molar-refractivity contribution in [2.24, 2.45) is 16.7 Å². The number of carbonyl (C=O) groups is 3. The Bertz CT molecular complexity index is 1630. The van der Waals surface area contributed by atoms with Crippen molar-refractivity contribution in [3.63, 3.8) is 0 Å². The summed E-state index contributed by atoms with van der Waals surface area (Å²) in [7, 11) is -4.06. The minimum Gasteiger partial charge on any atom is -0.480 e. The van der Waals surface area contributed by atoms with Gasteiger partial charge in [0.1, 0.15) is 11.8 Å². The molecule has 0 spiro atoms. The zero-order valence-electron chi connectivity index (χ0n) is 24.2. The van der Waals surface area contributed by atoms with Crippen molar-refractivity contribution in [2.45, 2.75) is 52.1 Å². The predicted octanol–water partition coefficient (Wildman–Crippen LogP) is 4.38. The second kappa shape index (κ2) is 11.9. The van der Waals surface area contributed by atoms with Crippen molar-refractivity contribution >= 4 is 33.5 Å². The minimum absolute atomic E-state index is 0.0357.